The lowest BCUT2D eigenvalue weighted by Gasteiger charge is -2.14. The zero-order chi connectivity index (χ0) is 23.5. The first-order valence-corrected chi connectivity index (χ1v) is 11.5. The second-order valence-electron chi connectivity index (χ2n) is 7.17. The summed E-state index contributed by atoms with van der Waals surface area (Å²) in [5, 5.41) is 13.6. The highest BCUT2D eigenvalue weighted by atomic mass is 35.5. The summed E-state index contributed by atoms with van der Waals surface area (Å²) in [4.78, 5) is 30.6. The van der Waals surface area contributed by atoms with Crippen LogP contribution in [0.1, 0.15) is 11.1 Å². The van der Waals surface area contributed by atoms with Crippen molar-refractivity contribution in [1.82, 2.24) is 9.55 Å². The van der Waals surface area contributed by atoms with Gasteiger partial charge in [0.2, 0.25) is 5.91 Å². The highest BCUT2D eigenvalue weighted by molar-refractivity contribution is 7.99. The molecule has 4 rings (SSSR count). The molecule has 164 valence electrons. The number of nitrogens with zero attached hydrogens (tertiary/aromatic N) is 3. The van der Waals surface area contributed by atoms with Gasteiger partial charge in [-0.1, -0.05) is 52.7 Å². The van der Waals surface area contributed by atoms with Crippen LogP contribution in [0, 0.1) is 18.3 Å². The van der Waals surface area contributed by atoms with Crippen molar-refractivity contribution in [2.45, 2.75) is 12.1 Å². The molecule has 0 unspecified atom stereocenters. The quantitative estimate of drug-likeness (QED) is 0.288. The van der Waals surface area contributed by atoms with Crippen LogP contribution in [-0.4, -0.2) is 21.2 Å². The van der Waals surface area contributed by atoms with Crippen molar-refractivity contribution in [2.75, 3.05) is 11.1 Å². The van der Waals surface area contributed by atoms with Crippen LogP contribution in [0.25, 0.3) is 16.6 Å². The maximum atomic E-state index is 13.3. The summed E-state index contributed by atoms with van der Waals surface area (Å²) in [5.41, 5.74) is 2.50. The van der Waals surface area contributed by atoms with Crippen LogP contribution in [0.2, 0.25) is 10.0 Å². The van der Waals surface area contributed by atoms with Crippen LogP contribution in [0.4, 0.5) is 5.69 Å². The minimum absolute atomic E-state index is 0.0399. The number of anilines is 1. The van der Waals surface area contributed by atoms with E-state index in [9.17, 15) is 14.9 Å². The third-order valence-electron chi connectivity index (χ3n) is 4.80. The molecule has 0 aliphatic heterocycles. The predicted molar refractivity (Wildman–Crippen MR) is 133 cm³/mol. The first-order valence-electron chi connectivity index (χ1n) is 9.77. The number of hydrogen-bond acceptors (Lipinski definition) is 5. The van der Waals surface area contributed by atoms with Gasteiger partial charge in [-0.25, -0.2) is 4.98 Å². The molecule has 0 saturated heterocycles. The number of carbonyl (C=O) groups is 1. The Kier molecular flexibility index (Phi) is 6.70. The average Bonchev–Trinajstić information content (AvgIpc) is 2.78. The van der Waals surface area contributed by atoms with Gasteiger partial charge in [-0.05, 0) is 55.5 Å². The van der Waals surface area contributed by atoms with E-state index in [-0.39, 0.29) is 17.2 Å². The second kappa shape index (κ2) is 9.67. The molecule has 4 aromatic rings. The number of aromatic nitrogens is 2. The Hall–Kier alpha value is -3.31. The molecular weight excluding hydrogens is 479 g/mol. The Morgan fingerprint density at radius 1 is 1.09 bits per heavy atom. The van der Waals surface area contributed by atoms with Crippen molar-refractivity contribution < 1.29 is 4.79 Å². The smallest absolute Gasteiger partial charge is 0.266 e. The maximum Gasteiger partial charge on any atom is 0.266 e. The van der Waals surface area contributed by atoms with Gasteiger partial charge >= 0.3 is 0 Å². The predicted octanol–water partition coefficient (Wildman–Crippen LogP) is 5.60. The highest BCUT2D eigenvalue weighted by Crippen LogP contribution is 2.25. The van der Waals surface area contributed by atoms with Gasteiger partial charge in [0.25, 0.3) is 5.56 Å². The number of thioether (sulfide) groups is 1. The molecule has 0 saturated carbocycles. The normalized spacial score (nSPS) is 10.7. The summed E-state index contributed by atoms with van der Waals surface area (Å²) >= 11 is 13.2. The minimum atomic E-state index is -0.366. The van der Waals surface area contributed by atoms with Gasteiger partial charge in [0.1, 0.15) is 6.07 Å². The topological polar surface area (TPSA) is 87.8 Å². The number of hydrogen-bond donors (Lipinski definition) is 1. The molecule has 0 radical (unpaired) electrons. The summed E-state index contributed by atoms with van der Waals surface area (Å²) in [6.45, 7) is 1.96. The lowest BCUT2D eigenvalue weighted by molar-refractivity contribution is -0.113. The Morgan fingerprint density at radius 3 is 2.52 bits per heavy atom. The van der Waals surface area contributed by atoms with Gasteiger partial charge in [0, 0.05) is 10.0 Å². The summed E-state index contributed by atoms with van der Waals surface area (Å²) in [7, 11) is 0. The van der Waals surface area contributed by atoms with Gasteiger partial charge in [-0.2, -0.15) is 5.26 Å². The molecule has 1 N–H and O–H groups in total. The molecule has 0 aliphatic carbocycles. The van der Waals surface area contributed by atoms with E-state index in [0.29, 0.717) is 43.0 Å². The van der Waals surface area contributed by atoms with E-state index in [1.807, 2.05) is 37.3 Å². The van der Waals surface area contributed by atoms with Crippen molar-refractivity contribution in [3.8, 4) is 11.8 Å². The van der Waals surface area contributed by atoms with E-state index in [1.165, 1.54) is 16.7 Å². The van der Waals surface area contributed by atoms with Crippen molar-refractivity contribution in [1.29, 1.82) is 5.26 Å². The van der Waals surface area contributed by atoms with Crippen LogP contribution in [0.3, 0.4) is 0 Å². The Morgan fingerprint density at radius 2 is 1.79 bits per heavy atom. The van der Waals surface area contributed by atoms with Gasteiger partial charge in [0.15, 0.2) is 5.16 Å². The molecule has 0 fully saturated rings. The summed E-state index contributed by atoms with van der Waals surface area (Å²) in [6, 6.07) is 19.0. The molecule has 6 nitrogen and oxygen atoms in total. The number of aryl methyl sites for hydroxylation is 1. The monoisotopic (exact) mass is 494 g/mol. The molecule has 1 amide bonds. The zero-order valence-electron chi connectivity index (χ0n) is 17.3. The highest BCUT2D eigenvalue weighted by Gasteiger charge is 2.16. The Labute approximate surface area is 203 Å². The summed E-state index contributed by atoms with van der Waals surface area (Å²) in [5.74, 6) is -0.406. The van der Waals surface area contributed by atoms with Gasteiger partial charge in [-0.3, -0.25) is 14.2 Å². The number of amides is 1. The number of halogens is 2. The van der Waals surface area contributed by atoms with E-state index < -0.39 is 0 Å². The number of carbonyl (C=O) groups excluding carboxylic acids is 1. The number of fused-ring (bicyclic) bond motifs is 1. The van der Waals surface area contributed by atoms with E-state index in [2.05, 4.69) is 10.3 Å². The molecule has 1 aromatic heterocycles. The van der Waals surface area contributed by atoms with E-state index in [4.69, 9.17) is 23.2 Å². The SMILES string of the molecule is Cc1ccc(-n2c(SCC(=O)Nc3cc(Cl)ccc3C#N)nc3cc(Cl)ccc3c2=O)cc1. The molecule has 0 bridgehead atoms. The zero-order valence-corrected chi connectivity index (χ0v) is 19.6. The van der Waals surface area contributed by atoms with Crippen LogP contribution in [-0.2, 0) is 4.79 Å². The van der Waals surface area contributed by atoms with Crippen LogP contribution >= 0.6 is 35.0 Å². The molecular formula is C24H16Cl2N4O2S. The van der Waals surface area contributed by atoms with Crippen molar-refractivity contribution in [3.05, 3.63) is 92.2 Å². The minimum Gasteiger partial charge on any atom is -0.324 e. The third-order valence-corrected chi connectivity index (χ3v) is 6.21. The number of benzene rings is 3. The molecule has 0 spiro atoms. The average molecular weight is 495 g/mol. The number of nitriles is 1. The third kappa shape index (κ3) is 5.04. The summed E-state index contributed by atoms with van der Waals surface area (Å²) in [6.07, 6.45) is 0. The lowest BCUT2D eigenvalue weighted by atomic mass is 10.2. The van der Waals surface area contributed by atoms with Crippen LogP contribution in [0.15, 0.2) is 70.6 Å². The van der Waals surface area contributed by atoms with Crippen LogP contribution < -0.4 is 10.9 Å². The molecule has 33 heavy (non-hydrogen) atoms. The van der Waals surface area contributed by atoms with E-state index in [1.54, 1.807) is 24.3 Å². The number of nitrogens with one attached hydrogen (secondary N) is 1. The molecule has 9 heteroatoms. The fourth-order valence-corrected chi connectivity index (χ4v) is 4.34. The largest absolute Gasteiger partial charge is 0.324 e. The Bertz CT molecular complexity index is 1480. The van der Waals surface area contributed by atoms with Gasteiger partial charge < -0.3 is 5.32 Å². The molecule has 3 aromatic carbocycles. The lowest BCUT2D eigenvalue weighted by Crippen LogP contribution is -2.23. The second-order valence-corrected chi connectivity index (χ2v) is 8.99. The van der Waals surface area contributed by atoms with Gasteiger partial charge in [-0.15, -0.1) is 0 Å². The first-order chi connectivity index (χ1) is 15.9. The van der Waals surface area contributed by atoms with Gasteiger partial charge in [0.05, 0.1) is 33.6 Å². The maximum absolute atomic E-state index is 13.3. The Balaban J connectivity index is 1.69. The molecule has 0 atom stereocenters. The molecule has 0 aliphatic rings. The number of rotatable bonds is 5. The van der Waals surface area contributed by atoms with E-state index in [0.717, 1.165) is 17.3 Å². The first kappa shape index (κ1) is 22.9. The fourth-order valence-electron chi connectivity index (χ4n) is 3.19. The van der Waals surface area contributed by atoms with Crippen molar-refractivity contribution in [2.24, 2.45) is 0 Å². The van der Waals surface area contributed by atoms with Crippen molar-refractivity contribution in [3.63, 3.8) is 0 Å². The van der Waals surface area contributed by atoms with E-state index >= 15 is 0 Å². The van der Waals surface area contributed by atoms with Crippen LogP contribution in [0.5, 0.6) is 0 Å². The summed E-state index contributed by atoms with van der Waals surface area (Å²) < 4.78 is 1.48. The standard InChI is InChI=1S/C24H16Cl2N4O2S/c1-14-2-7-18(8-3-14)30-23(32)19-9-6-17(26)11-21(19)29-24(30)33-13-22(31)28-20-10-16(25)5-4-15(20)12-27/h2-11H,13H2,1H3,(H,28,31). The fraction of sp³-hybridized carbons (Fsp3) is 0.0833. The molecule has 1 heterocycles. The van der Waals surface area contributed by atoms with Crippen molar-refractivity contribution >= 4 is 57.5 Å².